The molecule has 0 amide bonds. The van der Waals surface area contributed by atoms with Crippen molar-refractivity contribution < 1.29 is 4.39 Å². The van der Waals surface area contributed by atoms with Gasteiger partial charge in [0.05, 0.1) is 11.4 Å². The van der Waals surface area contributed by atoms with E-state index in [0.717, 1.165) is 38.0 Å². The van der Waals surface area contributed by atoms with Crippen LogP contribution < -0.4 is 15.6 Å². The predicted octanol–water partition coefficient (Wildman–Crippen LogP) is 2.63. The molecule has 0 atom stereocenters. The van der Waals surface area contributed by atoms with Crippen LogP contribution in [0.5, 0.6) is 0 Å². The molecular weight excluding hydrogens is 287 g/mol. The van der Waals surface area contributed by atoms with Gasteiger partial charge in [0.25, 0.3) is 0 Å². The number of nitrogens with zero attached hydrogens (tertiary/aromatic N) is 2. The van der Waals surface area contributed by atoms with E-state index in [2.05, 4.69) is 20.7 Å². The van der Waals surface area contributed by atoms with Crippen molar-refractivity contribution in [2.45, 2.75) is 26.7 Å². The summed E-state index contributed by atoms with van der Waals surface area (Å²) in [5.41, 5.74) is 4.88. The molecule has 0 aromatic heterocycles. The van der Waals surface area contributed by atoms with E-state index in [-0.39, 0.29) is 5.82 Å². The number of hydrazone groups is 1. The number of rotatable bonds is 4. The molecule has 0 radical (unpaired) electrons. The number of benzene rings is 1. The molecule has 1 heterocycles. The lowest BCUT2D eigenvalue weighted by Crippen LogP contribution is -2.32. The second-order valence-corrected chi connectivity index (χ2v) is 5.44. The Labute approximate surface area is 130 Å². The molecular formula is C15H21FN4S. The van der Waals surface area contributed by atoms with Crippen LogP contribution in [-0.4, -0.2) is 30.5 Å². The van der Waals surface area contributed by atoms with Crippen molar-refractivity contribution in [3.05, 3.63) is 29.6 Å². The van der Waals surface area contributed by atoms with Gasteiger partial charge in [-0.2, -0.15) is 5.10 Å². The fourth-order valence-corrected chi connectivity index (χ4v) is 2.54. The standard InChI is InChI=1S/C15H21FN4S/c1-3-17-15(21)19-18-11(2)12-6-7-14(13(16)10-12)20-8-4-5-9-20/h6-7,10H,3-5,8-9H2,1-2H3,(H2,17,19,21)/b18-11-. The molecule has 1 fully saturated rings. The first kappa shape index (κ1) is 15.7. The van der Waals surface area contributed by atoms with Crippen LogP contribution >= 0.6 is 12.2 Å². The first-order valence-corrected chi connectivity index (χ1v) is 7.65. The molecule has 114 valence electrons. The van der Waals surface area contributed by atoms with Gasteiger partial charge in [0.2, 0.25) is 0 Å². The molecule has 1 aliphatic rings. The third-order valence-electron chi connectivity index (χ3n) is 3.47. The number of halogens is 1. The minimum atomic E-state index is -0.196. The van der Waals surface area contributed by atoms with Crippen LogP contribution in [0, 0.1) is 5.82 Å². The third kappa shape index (κ3) is 4.14. The number of hydrogen-bond acceptors (Lipinski definition) is 3. The van der Waals surface area contributed by atoms with Crippen LogP contribution in [0.15, 0.2) is 23.3 Å². The highest BCUT2D eigenvalue weighted by Crippen LogP contribution is 2.24. The van der Waals surface area contributed by atoms with Crippen molar-refractivity contribution in [2.75, 3.05) is 24.5 Å². The second-order valence-electron chi connectivity index (χ2n) is 5.03. The van der Waals surface area contributed by atoms with Crippen molar-refractivity contribution in [1.29, 1.82) is 0 Å². The topological polar surface area (TPSA) is 39.7 Å². The van der Waals surface area contributed by atoms with E-state index in [1.165, 1.54) is 6.07 Å². The third-order valence-corrected chi connectivity index (χ3v) is 3.71. The lowest BCUT2D eigenvalue weighted by Gasteiger charge is -2.18. The van der Waals surface area contributed by atoms with Crippen molar-refractivity contribution in [2.24, 2.45) is 5.10 Å². The van der Waals surface area contributed by atoms with Gasteiger partial charge >= 0.3 is 0 Å². The van der Waals surface area contributed by atoms with Gasteiger partial charge in [-0.05, 0) is 51.0 Å². The summed E-state index contributed by atoms with van der Waals surface area (Å²) in [7, 11) is 0. The molecule has 1 aliphatic heterocycles. The van der Waals surface area contributed by atoms with Crippen molar-refractivity contribution in [1.82, 2.24) is 10.7 Å². The van der Waals surface area contributed by atoms with Gasteiger partial charge in [-0.15, -0.1) is 0 Å². The SMILES string of the molecule is CCNC(=S)N/N=C(/C)c1ccc(N2CCCC2)c(F)c1. The van der Waals surface area contributed by atoms with E-state index in [4.69, 9.17) is 12.2 Å². The van der Waals surface area contributed by atoms with E-state index in [1.54, 1.807) is 0 Å². The summed E-state index contributed by atoms with van der Waals surface area (Å²) in [4.78, 5) is 2.09. The molecule has 0 saturated carbocycles. The van der Waals surface area contributed by atoms with E-state index < -0.39 is 0 Å². The Bertz CT molecular complexity index is 538. The maximum Gasteiger partial charge on any atom is 0.186 e. The molecule has 0 spiro atoms. The summed E-state index contributed by atoms with van der Waals surface area (Å²) in [6, 6.07) is 5.26. The smallest absolute Gasteiger partial charge is 0.186 e. The van der Waals surface area contributed by atoms with Gasteiger partial charge in [0, 0.05) is 25.2 Å². The van der Waals surface area contributed by atoms with E-state index in [1.807, 2.05) is 26.0 Å². The van der Waals surface area contributed by atoms with Crippen molar-refractivity contribution in [3.63, 3.8) is 0 Å². The molecule has 2 rings (SSSR count). The minimum Gasteiger partial charge on any atom is -0.369 e. The van der Waals surface area contributed by atoms with Crippen LogP contribution in [-0.2, 0) is 0 Å². The van der Waals surface area contributed by atoms with Crippen LogP contribution in [0.1, 0.15) is 32.3 Å². The van der Waals surface area contributed by atoms with Crippen molar-refractivity contribution >= 4 is 28.7 Å². The Morgan fingerprint density at radius 2 is 2.10 bits per heavy atom. The van der Waals surface area contributed by atoms with Crippen LogP contribution in [0.2, 0.25) is 0 Å². The largest absolute Gasteiger partial charge is 0.369 e. The molecule has 6 heteroatoms. The van der Waals surface area contributed by atoms with Gasteiger partial charge in [-0.25, -0.2) is 4.39 Å². The van der Waals surface area contributed by atoms with Gasteiger partial charge in [0.15, 0.2) is 5.11 Å². The monoisotopic (exact) mass is 308 g/mol. The first-order valence-electron chi connectivity index (χ1n) is 7.25. The quantitative estimate of drug-likeness (QED) is 0.510. The fourth-order valence-electron chi connectivity index (χ4n) is 2.35. The molecule has 1 aromatic rings. The van der Waals surface area contributed by atoms with Gasteiger partial charge in [0.1, 0.15) is 5.82 Å². The molecule has 2 N–H and O–H groups in total. The summed E-state index contributed by atoms with van der Waals surface area (Å²) >= 11 is 5.03. The molecule has 21 heavy (non-hydrogen) atoms. The van der Waals surface area contributed by atoms with E-state index in [9.17, 15) is 4.39 Å². The summed E-state index contributed by atoms with van der Waals surface area (Å²) < 4.78 is 14.2. The lowest BCUT2D eigenvalue weighted by atomic mass is 10.1. The highest BCUT2D eigenvalue weighted by Gasteiger charge is 2.16. The summed E-state index contributed by atoms with van der Waals surface area (Å²) in [5.74, 6) is -0.196. The zero-order valence-electron chi connectivity index (χ0n) is 12.4. The maximum atomic E-state index is 14.2. The molecule has 4 nitrogen and oxygen atoms in total. The highest BCUT2D eigenvalue weighted by atomic mass is 32.1. The Hall–Kier alpha value is -1.69. The Morgan fingerprint density at radius 1 is 1.38 bits per heavy atom. The highest BCUT2D eigenvalue weighted by molar-refractivity contribution is 7.80. The number of thiocarbonyl (C=S) groups is 1. The van der Waals surface area contributed by atoms with Crippen molar-refractivity contribution in [3.8, 4) is 0 Å². The fraction of sp³-hybridized carbons (Fsp3) is 0.467. The Morgan fingerprint density at radius 3 is 2.71 bits per heavy atom. The maximum absolute atomic E-state index is 14.2. The van der Waals surface area contributed by atoms with Gasteiger partial charge < -0.3 is 10.2 Å². The number of nitrogens with one attached hydrogen (secondary N) is 2. The average Bonchev–Trinajstić information content (AvgIpc) is 2.99. The molecule has 1 saturated heterocycles. The zero-order chi connectivity index (χ0) is 15.2. The predicted molar refractivity (Wildman–Crippen MR) is 89.5 cm³/mol. The molecule has 0 unspecified atom stereocenters. The summed E-state index contributed by atoms with van der Waals surface area (Å²) in [6.45, 7) is 6.38. The molecule has 0 aliphatic carbocycles. The minimum absolute atomic E-state index is 0.196. The summed E-state index contributed by atoms with van der Waals surface area (Å²) in [6.07, 6.45) is 2.26. The Kier molecular flexibility index (Phi) is 5.50. The second kappa shape index (κ2) is 7.36. The lowest BCUT2D eigenvalue weighted by molar-refractivity contribution is 0.623. The number of anilines is 1. The Balaban J connectivity index is 2.08. The van der Waals surface area contributed by atoms with Gasteiger partial charge in [-0.3, -0.25) is 5.43 Å². The van der Waals surface area contributed by atoms with Gasteiger partial charge in [-0.1, -0.05) is 6.07 Å². The molecule has 0 bridgehead atoms. The van der Waals surface area contributed by atoms with Crippen LogP contribution in [0.3, 0.4) is 0 Å². The van der Waals surface area contributed by atoms with E-state index >= 15 is 0 Å². The van der Waals surface area contributed by atoms with Crippen LogP contribution in [0.25, 0.3) is 0 Å². The normalized spacial score (nSPS) is 15.2. The average molecular weight is 308 g/mol. The zero-order valence-corrected chi connectivity index (χ0v) is 13.3. The molecule has 1 aromatic carbocycles. The first-order chi connectivity index (χ1) is 10.1. The van der Waals surface area contributed by atoms with Crippen LogP contribution in [0.4, 0.5) is 10.1 Å². The number of hydrogen-bond donors (Lipinski definition) is 2. The van der Waals surface area contributed by atoms with E-state index in [0.29, 0.717) is 16.5 Å². The summed E-state index contributed by atoms with van der Waals surface area (Å²) in [5, 5.41) is 7.57.